The molecule has 3 rings (SSSR count). The summed E-state index contributed by atoms with van der Waals surface area (Å²) in [5.41, 5.74) is 1.92. The fourth-order valence-corrected chi connectivity index (χ4v) is 2.01. The highest BCUT2D eigenvalue weighted by molar-refractivity contribution is 5.25. The Bertz CT molecular complexity index is 763. The van der Waals surface area contributed by atoms with E-state index in [1.165, 1.54) is 22.5 Å². The van der Waals surface area contributed by atoms with Crippen LogP contribution < -0.4 is 10.9 Å². The minimum Gasteiger partial charge on any atom is -0.311 e. The number of benzene rings is 1. The summed E-state index contributed by atoms with van der Waals surface area (Å²) < 4.78 is 1.32. The van der Waals surface area contributed by atoms with Crippen LogP contribution in [0.25, 0.3) is 5.78 Å². The molecule has 2 aromatic heterocycles. The summed E-state index contributed by atoms with van der Waals surface area (Å²) in [5, 5.41) is 5.94. The summed E-state index contributed by atoms with van der Waals surface area (Å²) in [6, 6.07) is 11.8. The molecule has 0 amide bonds. The zero-order valence-corrected chi connectivity index (χ0v) is 13.6. The minimum absolute atomic E-state index is 0.130. The predicted molar refractivity (Wildman–Crippen MR) is 91.4 cm³/mol. The quantitative estimate of drug-likeness (QED) is 0.709. The molecule has 0 aliphatic rings. The number of unbranched alkanes of at least 4 members (excludes halogenated alkanes) is 1. The van der Waals surface area contributed by atoms with Crippen LogP contribution >= 0.6 is 0 Å². The van der Waals surface area contributed by atoms with E-state index in [0.717, 1.165) is 25.1 Å². The SMILES string of the molecule is CCCCNCc1cc(=O)n2[nH]cnc2n1.Cc1ccccc1. The van der Waals surface area contributed by atoms with Crippen molar-refractivity contribution >= 4 is 5.78 Å². The molecule has 0 aliphatic carbocycles. The maximum absolute atomic E-state index is 11.6. The van der Waals surface area contributed by atoms with Crippen LogP contribution in [0.2, 0.25) is 0 Å². The number of nitrogens with one attached hydrogen (secondary N) is 2. The Hall–Kier alpha value is -2.47. The summed E-state index contributed by atoms with van der Waals surface area (Å²) in [5.74, 6) is 0.416. The van der Waals surface area contributed by atoms with Crippen molar-refractivity contribution in [2.24, 2.45) is 0 Å². The molecule has 1 aromatic carbocycles. The maximum Gasteiger partial charge on any atom is 0.274 e. The van der Waals surface area contributed by atoms with E-state index in [-0.39, 0.29) is 5.56 Å². The van der Waals surface area contributed by atoms with Gasteiger partial charge in [-0.2, -0.15) is 4.52 Å². The Balaban J connectivity index is 0.000000229. The van der Waals surface area contributed by atoms with Crippen LogP contribution in [0, 0.1) is 6.92 Å². The van der Waals surface area contributed by atoms with E-state index < -0.39 is 0 Å². The van der Waals surface area contributed by atoms with Gasteiger partial charge in [0.2, 0.25) is 0 Å². The molecule has 0 unspecified atom stereocenters. The molecule has 0 spiro atoms. The van der Waals surface area contributed by atoms with Crippen molar-refractivity contribution in [2.45, 2.75) is 33.2 Å². The number of H-pyrrole nitrogens is 1. The van der Waals surface area contributed by atoms with Crippen molar-refractivity contribution in [3.63, 3.8) is 0 Å². The summed E-state index contributed by atoms with van der Waals surface area (Å²) in [6.45, 7) is 5.78. The topological polar surface area (TPSA) is 75.1 Å². The van der Waals surface area contributed by atoms with Crippen LogP contribution in [0.3, 0.4) is 0 Å². The predicted octanol–water partition coefficient (Wildman–Crippen LogP) is 2.30. The number of nitrogens with zero attached hydrogens (tertiary/aromatic N) is 3. The molecule has 23 heavy (non-hydrogen) atoms. The smallest absolute Gasteiger partial charge is 0.274 e. The van der Waals surface area contributed by atoms with Gasteiger partial charge in [-0.15, -0.1) is 0 Å². The molecular formula is C17H23N5O. The van der Waals surface area contributed by atoms with E-state index in [1.807, 2.05) is 18.2 Å². The lowest BCUT2D eigenvalue weighted by molar-refractivity contribution is 0.631. The standard InChI is InChI=1S/C10H15N5O.C7H8/c1-2-3-4-11-6-8-5-9(16)15-10(14-8)12-7-13-15;1-7-5-3-2-4-6-7/h5,7,11H,2-4,6H2,1H3,(H,12,13,14);2-6H,1H3. The van der Waals surface area contributed by atoms with Crippen molar-refractivity contribution in [3.05, 3.63) is 64.3 Å². The lowest BCUT2D eigenvalue weighted by atomic mass is 10.2. The molecule has 2 heterocycles. The van der Waals surface area contributed by atoms with Gasteiger partial charge in [0.1, 0.15) is 6.33 Å². The van der Waals surface area contributed by atoms with Gasteiger partial charge in [0.25, 0.3) is 11.3 Å². The van der Waals surface area contributed by atoms with Crippen LogP contribution in [-0.2, 0) is 6.54 Å². The van der Waals surface area contributed by atoms with E-state index >= 15 is 0 Å². The summed E-state index contributed by atoms with van der Waals surface area (Å²) in [7, 11) is 0. The molecule has 6 nitrogen and oxygen atoms in total. The maximum atomic E-state index is 11.6. The highest BCUT2D eigenvalue weighted by atomic mass is 16.1. The van der Waals surface area contributed by atoms with Crippen molar-refractivity contribution in [1.29, 1.82) is 0 Å². The molecule has 3 aromatic rings. The van der Waals surface area contributed by atoms with Gasteiger partial charge >= 0.3 is 0 Å². The lowest BCUT2D eigenvalue weighted by Gasteiger charge is -2.02. The van der Waals surface area contributed by atoms with Crippen molar-refractivity contribution in [1.82, 2.24) is 24.9 Å². The second-order valence-corrected chi connectivity index (χ2v) is 5.29. The number of aryl methyl sites for hydroxylation is 1. The fraction of sp³-hybridized carbons (Fsp3) is 0.353. The monoisotopic (exact) mass is 313 g/mol. The number of fused-ring (bicyclic) bond motifs is 1. The zero-order chi connectivity index (χ0) is 16.5. The van der Waals surface area contributed by atoms with Gasteiger partial charge in [-0.05, 0) is 19.9 Å². The van der Waals surface area contributed by atoms with Gasteiger partial charge in [-0.3, -0.25) is 9.89 Å². The van der Waals surface area contributed by atoms with E-state index in [2.05, 4.69) is 46.4 Å². The first-order chi connectivity index (χ1) is 11.2. The van der Waals surface area contributed by atoms with Crippen molar-refractivity contribution in [3.8, 4) is 0 Å². The van der Waals surface area contributed by atoms with Crippen LogP contribution in [0.5, 0.6) is 0 Å². The first kappa shape index (κ1) is 16.9. The van der Waals surface area contributed by atoms with E-state index in [0.29, 0.717) is 12.3 Å². The van der Waals surface area contributed by atoms with Gasteiger partial charge in [-0.25, -0.2) is 9.97 Å². The number of rotatable bonds is 5. The number of aromatic amines is 1. The molecule has 0 fully saturated rings. The third kappa shape index (κ3) is 5.34. The third-order valence-corrected chi connectivity index (χ3v) is 3.27. The Kier molecular flexibility index (Phi) is 6.50. The van der Waals surface area contributed by atoms with Gasteiger partial charge in [0, 0.05) is 12.6 Å². The van der Waals surface area contributed by atoms with Crippen LogP contribution in [0.15, 0.2) is 47.5 Å². The summed E-state index contributed by atoms with van der Waals surface area (Å²) in [4.78, 5) is 19.8. The second kappa shape index (κ2) is 8.85. The van der Waals surface area contributed by atoms with Gasteiger partial charge in [0.15, 0.2) is 0 Å². The zero-order valence-electron chi connectivity index (χ0n) is 13.6. The first-order valence-electron chi connectivity index (χ1n) is 7.85. The highest BCUT2D eigenvalue weighted by Gasteiger charge is 2.02. The van der Waals surface area contributed by atoms with Gasteiger partial charge < -0.3 is 5.32 Å². The summed E-state index contributed by atoms with van der Waals surface area (Å²) in [6.07, 6.45) is 3.74. The van der Waals surface area contributed by atoms with E-state index in [4.69, 9.17) is 0 Å². The lowest BCUT2D eigenvalue weighted by Crippen LogP contribution is -2.20. The first-order valence-corrected chi connectivity index (χ1v) is 7.85. The van der Waals surface area contributed by atoms with Gasteiger partial charge in [-0.1, -0.05) is 49.2 Å². The molecule has 0 atom stereocenters. The second-order valence-electron chi connectivity index (χ2n) is 5.29. The minimum atomic E-state index is -0.130. The highest BCUT2D eigenvalue weighted by Crippen LogP contribution is 1.94. The van der Waals surface area contributed by atoms with Crippen LogP contribution in [0.1, 0.15) is 31.0 Å². The average Bonchev–Trinajstić information content (AvgIpc) is 3.02. The number of aromatic nitrogens is 4. The summed E-state index contributed by atoms with van der Waals surface area (Å²) >= 11 is 0. The Morgan fingerprint density at radius 2 is 2.04 bits per heavy atom. The molecule has 0 saturated carbocycles. The molecular weight excluding hydrogens is 290 g/mol. The van der Waals surface area contributed by atoms with Crippen LogP contribution in [-0.4, -0.2) is 26.1 Å². The Labute approximate surface area is 135 Å². The number of hydrogen-bond donors (Lipinski definition) is 2. The normalized spacial score (nSPS) is 10.3. The number of hydrogen-bond acceptors (Lipinski definition) is 4. The fourth-order valence-electron chi connectivity index (χ4n) is 2.01. The average molecular weight is 313 g/mol. The van der Waals surface area contributed by atoms with E-state index in [9.17, 15) is 4.79 Å². The Morgan fingerprint density at radius 3 is 2.70 bits per heavy atom. The third-order valence-electron chi connectivity index (χ3n) is 3.27. The molecule has 0 bridgehead atoms. The van der Waals surface area contributed by atoms with E-state index in [1.54, 1.807) is 0 Å². The molecule has 2 N–H and O–H groups in total. The molecule has 0 aliphatic heterocycles. The largest absolute Gasteiger partial charge is 0.311 e. The molecule has 0 radical (unpaired) electrons. The molecule has 6 heteroatoms. The van der Waals surface area contributed by atoms with Crippen molar-refractivity contribution in [2.75, 3.05) is 6.54 Å². The van der Waals surface area contributed by atoms with Crippen molar-refractivity contribution < 1.29 is 0 Å². The molecule has 122 valence electrons. The Morgan fingerprint density at radius 1 is 1.26 bits per heavy atom. The molecule has 0 saturated heterocycles. The van der Waals surface area contributed by atoms with Gasteiger partial charge in [0.05, 0.1) is 5.69 Å². The van der Waals surface area contributed by atoms with Crippen LogP contribution in [0.4, 0.5) is 0 Å².